The SMILES string of the molecule is CC(C)(C)[Si](C)(C)OC1CC[C@]2(C)C3C=C[C@@]4(C)C(CCC45OCCO5)C3CC[C@@H]2C1. The Kier molecular flexibility index (Phi) is 5.23. The van der Waals surface area contributed by atoms with Crippen LogP contribution in [0.3, 0.4) is 0 Å². The maximum absolute atomic E-state index is 6.91. The van der Waals surface area contributed by atoms with E-state index in [9.17, 15) is 0 Å². The van der Waals surface area contributed by atoms with Gasteiger partial charge in [0.25, 0.3) is 0 Å². The van der Waals surface area contributed by atoms with Crippen LogP contribution in [0.1, 0.15) is 79.6 Å². The highest BCUT2D eigenvalue weighted by molar-refractivity contribution is 6.74. The van der Waals surface area contributed by atoms with Gasteiger partial charge in [0.05, 0.1) is 13.2 Å². The molecule has 1 heterocycles. The molecule has 3 saturated carbocycles. The van der Waals surface area contributed by atoms with E-state index < -0.39 is 8.32 Å². The molecular weight excluding hydrogens is 400 g/mol. The summed E-state index contributed by atoms with van der Waals surface area (Å²) in [5, 5.41) is 0.296. The van der Waals surface area contributed by atoms with Crippen LogP contribution >= 0.6 is 0 Å². The third-order valence-corrected chi connectivity index (χ3v) is 15.7. The zero-order valence-corrected chi connectivity index (χ0v) is 22.1. The molecular formula is C27H46O3Si. The Morgan fingerprint density at radius 3 is 2.35 bits per heavy atom. The average molecular weight is 447 g/mol. The lowest BCUT2D eigenvalue weighted by atomic mass is 9.47. The topological polar surface area (TPSA) is 27.7 Å². The van der Waals surface area contributed by atoms with Gasteiger partial charge >= 0.3 is 0 Å². The van der Waals surface area contributed by atoms with Crippen LogP contribution in [0.2, 0.25) is 18.1 Å². The molecule has 7 atom stereocenters. The average Bonchev–Trinajstić information content (AvgIpc) is 3.27. The van der Waals surface area contributed by atoms with E-state index in [0.717, 1.165) is 37.4 Å². The Bertz CT molecular complexity index is 733. The van der Waals surface area contributed by atoms with Crippen LogP contribution in [-0.2, 0) is 13.9 Å². The molecule has 4 aliphatic carbocycles. The first kappa shape index (κ1) is 22.6. The number of allylic oxidation sites excluding steroid dienone is 1. The van der Waals surface area contributed by atoms with Crippen molar-refractivity contribution in [3.05, 3.63) is 12.2 Å². The summed E-state index contributed by atoms with van der Waals surface area (Å²) in [4.78, 5) is 0. The second-order valence-corrected chi connectivity index (χ2v) is 18.2. The zero-order valence-electron chi connectivity index (χ0n) is 21.1. The summed E-state index contributed by atoms with van der Waals surface area (Å²) in [6.07, 6.45) is 14.6. The molecule has 5 aliphatic rings. The third-order valence-electron chi connectivity index (χ3n) is 11.1. The molecule has 0 aromatic heterocycles. The van der Waals surface area contributed by atoms with Gasteiger partial charge in [0.2, 0.25) is 0 Å². The van der Waals surface area contributed by atoms with Gasteiger partial charge in [-0.15, -0.1) is 0 Å². The maximum atomic E-state index is 6.91. The fourth-order valence-electron chi connectivity index (χ4n) is 8.16. The van der Waals surface area contributed by atoms with Gasteiger partial charge < -0.3 is 13.9 Å². The van der Waals surface area contributed by atoms with Gasteiger partial charge in [-0.25, -0.2) is 0 Å². The number of hydrogen-bond acceptors (Lipinski definition) is 3. The molecule has 31 heavy (non-hydrogen) atoms. The summed E-state index contributed by atoms with van der Waals surface area (Å²) in [5.74, 6) is 2.68. The Labute approximate surface area is 191 Å². The summed E-state index contributed by atoms with van der Waals surface area (Å²) < 4.78 is 19.5. The molecule has 1 saturated heterocycles. The van der Waals surface area contributed by atoms with Crippen LogP contribution in [0, 0.1) is 34.5 Å². The molecule has 0 N–H and O–H groups in total. The van der Waals surface area contributed by atoms with Crippen LogP contribution in [0.15, 0.2) is 12.2 Å². The van der Waals surface area contributed by atoms with E-state index in [1.165, 1.54) is 38.5 Å². The normalized spacial score (nSPS) is 46.6. The van der Waals surface area contributed by atoms with Crippen molar-refractivity contribution >= 4 is 8.32 Å². The van der Waals surface area contributed by atoms with Crippen LogP contribution in [0.25, 0.3) is 0 Å². The quantitative estimate of drug-likeness (QED) is 0.340. The van der Waals surface area contributed by atoms with Crippen molar-refractivity contribution in [2.45, 2.75) is 110 Å². The number of rotatable bonds is 2. The minimum Gasteiger partial charge on any atom is -0.414 e. The predicted molar refractivity (Wildman–Crippen MR) is 128 cm³/mol. The van der Waals surface area contributed by atoms with E-state index in [1.54, 1.807) is 0 Å². The van der Waals surface area contributed by atoms with Crippen molar-refractivity contribution in [1.82, 2.24) is 0 Å². The van der Waals surface area contributed by atoms with Gasteiger partial charge in [-0.05, 0) is 85.7 Å². The van der Waals surface area contributed by atoms with Crippen LogP contribution in [0.5, 0.6) is 0 Å². The lowest BCUT2D eigenvalue weighted by Crippen LogP contribution is -2.55. The van der Waals surface area contributed by atoms with Crippen molar-refractivity contribution in [3.63, 3.8) is 0 Å². The third kappa shape index (κ3) is 3.21. The van der Waals surface area contributed by atoms with Gasteiger partial charge in [0, 0.05) is 17.9 Å². The predicted octanol–water partition coefficient (Wildman–Crippen LogP) is 6.94. The highest BCUT2D eigenvalue weighted by Gasteiger charge is 2.65. The van der Waals surface area contributed by atoms with E-state index in [0.29, 0.717) is 22.5 Å². The van der Waals surface area contributed by atoms with Crippen LogP contribution in [0.4, 0.5) is 0 Å². The second kappa shape index (κ2) is 7.17. The first-order chi connectivity index (χ1) is 14.4. The number of ether oxygens (including phenoxy) is 2. The molecule has 3 nitrogen and oxygen atoms in total. The highest BCUT2D eigenvalue weighted by Crippen LogP contribution is 2.67. The maximum Gasteiger partial charge on any atom is 0.192 e. The van der Waals surface area contributed by atoms with Gasteiger partial charge in [-0.3, -0.25) is 0 Å². The molecule has 0 bridgehead atoms. The standard InChI is InChI=1S/C27H46O3Si/c1-24(2,3)31(6,7)30-20-10-13-25(4)19(18-20)8-9-21-22(25)11-14-26(5)23(21)12-15-27(26)28-16-17-29-27/h11,14,19-23H,8-10,12-13,15-18H2,1-7H3/t19-,20?,21?,22?,23?,25+,26+/m1/s1. The molecule has 1 aliphatic heterocycles. The lowest BCUT2D eigenvalue weighted by molar-refractivity contribution is -0.217. The zero-order chi connectivity index (χ0) is 22.3. The fourth-order valence-corrected chi connectivity index (χ4v) is 9.56. The van der Waals surface area contributed by atoms with E-state index in [-0.39, 0.29) is 11.2 Å². The Hall–Kier alpha value is -0.163. The minimum absolute atomic E-state index is 0.0521. The Morgan fingerprint density at radius 1 is 0.968 bits per heavy atom. The Morgan fingerprint density at radius 2 is 1.68 bits per heavy atom. The van der Waals surface area contributed by atoms with E-state index >= 15 is 0 Å². The molecule has 0 aromatic carbocycles. The molecule has 176 valence electrons. The van der Waals surface area contributed by atoms with Gasteiger partial charge in [0.15, 0.2) is 14.1 Å². The molecule has 0 amide bonds. The minimum atomic E-state index is -1.70. The summed E-state index contributed by atoms with van der Waals surface area (Å²) >= 11 is 0. The molecule has 1 spiro atoms. The van der Waals surface area contributed by atoms with Gasteiger partial charge in [0.1, 0.15) is 0 Å². The number of fused-ring (bicyclic) bond motifs is 6. The summed E-state index contributed by atoms with van der Waals surface area (Å²) in [5.41, 5.74) is 0.484. The summed E-state index contributed by atoms with van der Waals surface area (Å²) in [7, 11) is -1.70. The molecule has 4 fully saturated rings. The van der Waals surface area contributed by atoms with E-state index in [1.807, 2.05) is 0 Å². The molecule has 4 unspecified atom stereocenters. The van der Waals surface area contributed by atoms with Gasteiger partial charge in [-0.2, -0.15) is 0 Å². The molecule has 0 aromatic rings. The highest BCUT2D eigenvalue weighted by atomic mass is 28.4. The van der Waals surface area contributed by atoms with Crippen LogP contribution in [-0.4, -0.2) is 33.4 Å². The van der Waals surface area contributed by atoms with E-state index in [4.69, 9.17) is 13.9 Å². The fraction of sp³-hybridized carbons (Fsp3) is 0.926. The number of hydrogen-bond donors (Lipinski definition) is 0. The first-order valence-corrected chi connectivity index (χ1v) is 16.0. The first-order valence-electron chi connectivity index (χ1n) is 13.1. The largest absolute Gasteiger partial charge is 0.414 e. The molecule has 0 radical (unpaired) electrons. The van der Waals surface area contributed by atoms with Crippen molar-refractivity contribution in [1.29, 1.82) is 0 Å². The van der Waals surface area contributed by atoms with Crippen molar-refractivity contribution in [2.75, 3.05) is 13.2 Å². The van der Waals surface area contributed by atoms with Crippen LogP contribution < -0.4 is 0 Å². The van der Waals surface area contributed by atoms with E-state index in [2.05, 4.69) is 59.9 Å². The van der Waals surface area contributed by atoms with Gasteiger partial charge in [-0.1, -0.05) is 46.8 Å². The van der Waals surface area contributed by atoms with Crippen molar-refractivity contribution < 1.29 is 13.9 Å². The monoisotopic (exact) mass is 446 g/mol. The lowest BCUT2D eigenvalue weighted by Gasteiger charge is -2.59. The molecule has 5 rings (SSSR count). The summed E-state index contributed by atoms with van der Waals surface area (Å²) in [6, 6.07) is 0. The second-order valence-electron chi connectivity index (χ2n) is 13.5. The Balaban J connectivity index is 1.35. The summed E-state index contributed by atoms with van der Waals surface area (Å²) in [6.45, 7) is 18.5. The molecule has 4 heteroatoms. The van der Waals surface area contributed by atoms with Crippen molar-refractivity contribution in [3.8, 4) is 0 Å². The smallest absolute Gasteiger partial charge is 0.192 e. The van der Waals surface area contributed by atoms with Crippen molar-refractivity contribution in [2.24, 2.45) is 34.5 Å².